The number of hydrogen-bond donors (Lipinski definition) is 0. The Hall–Kier alpha value is -2.41. The van der Waals surface area contributed by atoms with E-state index >= 15 is 0 Å². The summed E-state index contributed by atoms with van der Waals surface area (Å²) in [6.45, 7) is 0.683. The van der Waals surface area contributed by atoms with E-state index in [2.05, 4.69) is 4.98 Å². The van der Waals surface area contributed by atoms with Crippen molar-refractivity contribution in [3.8, 4) is 0 Å². The summed E-state index contributed by atoms with van der Waals surface area (Å²) in [5.74, 6) is 0.716. The predicted octanol–water partition coefficient (Wildman–Crippen LogP) is 1.98. The molecular weight excluding hydrogens is 350 g/mol. The summed E-state index contributed by atoms with van der Waals surface area (Å²) in [7, 11) is 0.569. The molecule has 2 aromatic rings. The number of aromatic nitrogens is 1. The lowest BCUT2D eigenvalue weighted by molar-refractivity contribution is 0.0747. The van der Waals surface area contributed by atoms with Crippen LogP contribution in [0.3, 0.4) is 0 Å². The average molecular weight is 373 g/mol. The highest BCUT2D eigenvalue weighted by Gasteiger charge is 2.33. The van der Waals surface area contributed by atoms with Crippen molar-refractivity contribution in [1.82, 2.24) is 9.88 Å². The Labute approximate surface area is 154 Å². The van der Waals surface area contributed by atoms with E-state index in [1.165, 1.54) is 0 Å². The van der Waals surface area contributed by atoms with Crippen LogP contribution in [-0.2, 0) is 16.4 Å². The number of benzene rings is 1. The number of pyridine rings is 1. The summed E-state index contributed by atoms with van der Waals surface area (Å²) in [6, 6.07) is 13.2. The summed E-state index contributed by atoms with van der Waals surface area (Å²) in [5.41, 5.74) is 1.67. The Bertz CT molecular complexity index is 884. The molecule has 26 heavy (non-hydrogen) atoms. The zero-order chi connectivity index (χ0) is 18.7. The average Bonchev–Trinajstić information content (AvgIpc) is 3.01. The maximum Gasteiger partial charge on any atom is 0.254 e. The van der Waals surface area contributed by atoms with Crippen molar-refractivity contribution in [2.24, 2.45) is 0 Å². The normalized spacial score (nSPS) is 18.5. The van der Waals surface area contributed by atoms with Crippen molar-refractivity contribution in [3.05, 3.63) is 59.8 Å². The van der Waals surface area contributed by atoms with Crippen LogP contribution in [0.4, 0.5) is 5.82 Å². The van der Waals surface area contributed by atoms with Crippen LogP contribution >= 0.6 is 0 Å². The van der Waals surface area contributed by atoms with Gasteiger partial charge in [0.25, 0.3) is 5.91 Å². The van der Waals surface area contributed by atoms with E-state index in [0.717, 1.165) is 5.56 Å². The SMILES string of the molecule is CN(Cc1ccccc1)c1cc(C(=O)N(C)C2CCS(=O)(=O)C2)ccn1. The van der Waals surface area contributed by atoms with Gasteiger partial charge >= 0.3 is 0 Å². The second-order valence-corrected chi connectivity index (χ2v) is 8.95. The molecule has 0 bridgehead atoms. The fourth-order valence-electron chi connectivity index (χ4n) is 3.15. The third-order valence-electron chi connectivity index (χ3n) is 4.72. The standard InChI is InChI=1S/C19H23N3O3S/c1-21(13-15-6-4-3-5-7-15)18-12-16(8-10-20-18)19(23)22(2)17-9-11-26(24,25)14-17/h3-8,10,12,17H,9,11,13-14H2,1-2H3. The van der Waals surface area contributed by atoms with Gasteiger partial charge in [0, 0.05) is 38.4 Å². The van der Waals surface area contributed by atoms with Gasteiger partial charge in [-0.1, -0.05) is 30.3 Å². The van der Waals surface area contributed by atoms with Crippen LogP contribution in [0.5, 0.6) is 0 Å². The monoisotopic (exact) mass is 373 g/mol. The van der Waals surface area contributed by atoms with Gasteiger partial charge < -0.3 is 9.80 Å². The number of rotatable bonds is 5. The number of anilines is 1. The molecule has 3 rings (SSSR count). The minimum atomic E-state index is -3.03. The molecule has 0 aliphatic carbocycles. The summed E-state index contributed by atoms with van der Waals surface area (Å²) in [4.78, 5) is 20.6. The van der Waals surface area contributed by atoms with Crippen molar-refractivity contribution in [3.63, 3.8) is 0 Å². The molecule has 0 radical (unpaired) electrons. The summed E-state index contributed by atoms with van der Waals surface area (Å²) in [5, 5.41) is 0. The number of carbonyl (C=O) groups excluding carboxylic acids is 1. The Kier molecular flexibility index (Phi) is 5.27. The van der Waals surface area contributed by atoms with Crippen LogP contribution in [0.15, 0.2) is 48.7 Å². The Morgan fingerprint density at radius 2 is 1.92 bits per heavy atom. The summed E-state index contributed by atoms with van der Waals surface area (Å²) in [6.07, 6.45) is 2.11. The van der Waals surface area contributed by atoms with Crippen LogP contribution in [-0.4, -0.2) is 55.9 Å². The van der Waals surface area contributed by atoms with Crippen molar-refractivity contribution in [1.29, 1.82) is 0 Å². The summed E-state index contributed by atoms with van der Waals surface area (Å²) < 4.78 is 23.3. The van der Waals surface area contributed by atoms with E-state index in [9.17, 15) is 13.2 Å². The molecule has 1 amide bonds. The molecule has 1 atom stereocenters. The second kappa shape index (κ2) is 7.45. The molecule has 1 aliphatic heterocycles. The topological polar surface area (TPSA) is 70.6 Å². The van der Waals surface area contributed by atoms with Gasteiger partial charge in [0.15, 0.2) is 9.84 Å². The molecule has 1 aromatic carbocycles. The van der Waals surface area contributed by atoms with Gasteiger partial charge in [-0.15, -0.1) is 0 Å². The number of hydrogen-bond acceptors (Lipinski definition) is 5. The molecule has 1 aliphatic rings. The van der Waals surface area contributed by atoms with E-state index < -0.39 is 9.84 Å². The van der Waals surface area contributed by atoms with Crippen LogP contribution in [0, 0.1) is 0 Å². The maximum absolute atomic E-state index is 12.8. The molecule has 7 heteroatoms. The third kappa shape index (κ3) is 4.22. The van der Waals surface area contributed by atoms with Crippen LogP contribution in [0.25, 0.3) is 0 Å². The molecule has 1 aromatic heterocycles. The number of amides is 1. The minimum Gasteiger partial charge on any atom is -0.355 e. The molecule has 6 nitrogen and oxygen atoms in total. The van der Waals surface area contributed by atoms with E-state index in [0.29, 0.717) is 24.3 Å². The highest BCUT2D eigenvalue weighted by Crippen LogP contribution is 2.20. The fraction of sp³-hybridized carbons (Fsp3) is 0.368. The molecule has 1 unspecified atom stereocenters. The number of nitrogens with zero attached hydrogens (tertiary/aromatic N) is 3. The molecule has 1 saturated heterocycles. The molecular formula is C19H23N3O3S. The molecule has 1 fully saturated rings. The number of carbonyl (C=O) groups is 1. The van der Waals surface area contributed by atoms with Crippen molar-refractivity contribution < 1.29 is 13.2 Å². The molecule has 0 saturated carbocycles. The maximum atomic E-state index is 12.8. The Balaban J connectivity index is 1.73. The van der Waals surface area contributed by atoms with E-state index in [4.69, 9.17) is 0 Å². The molecule has 0 spiro atoms. The van der Waals surface area contributed by atoms with Crippen molar-refractivity contribution in [2.45, 2.75) is 19.0 Å². The van der Waals surface area contributed by atoms with Gasteiger partial charge in [-0.2, -0.15) is 0 Å². The highest BCUT2D eigenvalue weighted by atomic mass is 32.2. The lowest BCUT2D eigenvalue weighted by Gasteiger charge is -2.24. The smallest absolute Gasteiger partial charge is 0.254 e. The van der Waals surface area contributed by atoms with Gasteiger partial charge in [-0.25, -0.2) is 13.4 Å². The number of sulfone groups is 1. The quantitative estimate of drug-likeness (QED) is 0.801. The van der Waals surface area contributed by atoms with Gasteiger partial charge in [-0.05, 0) is 24.1 Å². The molecule has 138 valence electrons. The van der Waals surface area contributed by atoms with E-state index in [1.807, 2.05) is 42.3 Å². The highest BCUT2D eigenvalue weighted by molar-refractivity contribution is 7.91. The van der Waals surface area contributed by atoms with Gasteiger partial charge in [0.05, 0.1) is 11.5 Å². The van der Waals surface area contributed by atoms with Gasteiger partial charge in [-0.3, -0.25) is 4.79 Å². The third-order valence-corrected chi connectivity index (χ3v) is 6.47. The first-order valence-electron chi connectivity index (χ1n) is 8.54. The Morgan fingerprint density at radius 1 is 1.19 bits per heavy atom. The molecule has 2 heterocycles. The van der Waals surface area contributed by atoms with Crippen molar-refractivity contribution in [2.75, 3.05) is 30.5 Å². The minimum absolute atomic E-state index is 0.0427. The van der Waals surface area contributed by atoms with Crippen LogP contribution in [0.1, 0.15) is 22.3 Å². The van der Waals surface area contributed by atoms with Gasteiger partial charge in [0.2, 0.25) is 0 Å². The van der Waals surface area contributed by atoms with E-state index in [-0.39, 0.29) is 23.5 Å². The fourth-order valence-corrected chi connectivity index (χ4v) is 4.92. The Morgan fingerprint density at radius 3 is 2.58 bits per heavy atom. The van der Waals surface area contributed by atoms with Crippen LogP contribution in [0.2, 0.25) is 0 Å². The zero-order valence-electron chi connectivity index (χ0n) is 15.0. The first-order valence-corrected chi connectivity index (χ1v) is 10.4. The predicted molar refractivity (Wildman–Crippen MR) is 102 cm³/mol. The van der Waals surface area contributed by atoms with E-state index in [1.54, 1.807) is 30.3 Å². The largest absolute Gasteiger partial charge is 0.355 e. The zero-order valence-corrected chi connectivity index (χ0v) is 15.8. The first kappa shape index (κ1) is 18.4. The lowest BCUT2D eigenvalue weighted by atomic mass is 10.1. The van der Waals surface area contributed by atoms with Crippen LogP contribution < -0.4 is 4.90 Å². The molecule has 0 N–H and O–H groups in total. The van der Waals surface area contributed by atoms with Crippen molar-refractivity contribution >= 4 is 21.6 Å². The first-order chi connectivity index (χ1) is 12.4. The lowest BCUT2D eigenvalue weighted by Crippen LogP contribution is -2.37. The summed E-state index contributed by atoms with van der Waals surface area (Å²) >= 11 is 0. The second-order valence-electron chi connectivity index (χ2n) is 6.72. The van der Waals surface area contributed by atoms with Gasteiger partial charge in [0.1, 0.15) is 5.82 Å².